The van der Waals surface area contributed by atoms with Crippen LogP contribution in [0.25, 0.3) is 12.2 Å². The number of thiazole rings is 1. The molecule has 1 aromatic heterocycles. The maximum Gasteiger partial charge on any atom is 0.338 e. The Balaban J connectivity index is 1.88. The van der Waals surface area contributed by atoms with Gasteiger partial charge in [-0.2, -0.15) is 0 Å². The Labute approximate surface area is 192 Å². The molecule has 1 aliphatic heterocycles. The number of fused-ring (bicyclic) bond motifs is 1. The van der Waals surface area contributed by atoms with Gasteiger partial charge in [-0.15, -0.1) is 0 Å². The van der Waals surface area contributed by atoms with E-state index in [9.17, 15) is 19.7 Å². The van der Waals surface area contributed by atoms with Crippen LogP contribution in [0.15, 0.2) is 81.7 Å². The minimum Gasteiger partial charge on any atom is -0.466 e. The van der Waals surface area contributed by atoms with Gasteiger partial charge in [0, 0.05) is 12.1 Å². The number of non-ortho nitro benzene ring substituents is 1. The number of carbonyl (C=O) groups is 1. The lowest BCUT2D eigenvalue weighted by Crippen LogP contribution is -2.38. The van der Waals surface area contributed by atoms with Crippen LogP contribution in [-0.2, 0) is 9.53 Å². The summed E-state index contributed by atoms with van der Waals surface area (Å²) in [7, 11) is 1.29. The number of hydrogen-bond acceptors (Lipinski definition) is 7. The van der Waals surface area contributed by atoms with E-state index in [1.807, 2.05) is 36.4 Å². The Morgan fingerprint density at radius 1 is 1.18 bits per heavy atom. The summed E-state index contributed by atoms with van der Waals surface area (Å²) < 4.78 is 6.76. The molecule has 0 saturated carbocycles. The predicted octanol–water partition coefficient (Wildman–Crippen LogP) is 2.98. The molecule has 1 unspecified atom stereocenters. The van der Waals surface area contributed by atoms with Crippen LogP contribution >= 0.6 is 11.3 Å². The predicted molar refractivity (Wildman–Crippen MR) is 125 cm³/mol. The van der Waals surface area contributed by atoms with E-state index in [0.29, 0.717) is 20.6 Å². The molecule has 33 heavy (non-hydrogen) atoms. The summed E-state index contributed by atoms with van der Waals surface area (Å²) in [5.41, 5.74) is 1.77. The molecule has 4 rings (SSSR count). The minimum atomic E-state index is -0.707. The van der Waals surface area contributed by atoms with Crippen molar-refractivity contribution in [2.75, 3.05) is 7.11 Å². The molecule has 3 aromatic rings. The number of aromatic nitrogens is 1. The fraction of sp³-hybridized carbons (Fsp3) is 0.125. The molecule has 0 radical (unpaired) electrons. The number of methoxy groups -OCH3 is 1. The van der Waals surface area contributed by atoms with E-state index in [1.54, 1.807) is 31.2 Å². The molecular formula is C24H19N3O5S. The Kier molecular flexibility index (Phi) is 6.14. The number of allylic oxidation sites excluding steroid dienone is 2. The van der Waals surface area contributed by atoms with Crippen molar-refractivity contribution in [2.45, 2.75) is 13.0 Å². The van der Waals surface area contributed by atoms with Gasteiger partial charge in [0.1, 0.15) is 0 Å². The van der Waals surface area contributed by atoms with E-state index in [0.717, 1.165) is 16.9 Å². The monoisotopic (exact) mass is 461 g/mol. The van der Waals surface area contributed by atoms with E-state index in [1.165, 1.54) is 23.8 Å². The Morgan fingerprint density at radius 3 is 2.61 bits per heavy atom. The van der Waals surface area contributed by atoms with Crippen LogP contribution in [0.4, 0.5) is 5.69 Å². The van der Waals surface area contributed by atoms with Gasteiger partial charge in [0.25, 0.3) is 11.2 Å². The number of rotatable bonds is 5. The van der Waals surface area contributed by atoms with E-state index in [4.69, 9.17) is 4.74 Å². The Bertz CT molecular complexity index is 1480. The molecule has 0 saturated heterocycles. The summed E-state index contributed by atoms with van der Waals surface area (Å²) >= 11 is 1.16. The summed E-state index contributed by atoms with van der Waals surface area (Å²) in [5.74, 6) is -0.563. The van der Waals surface area contributed by atoms with Crippen molar-refractivity contribution in [1.82, 2.24) is 4.57 Å². The molecule has 8 nitrogen and oxygen atoms in total. The molecule has 9 heteroatoms. The van der Waals surface area contributed by atoms with Crippen molar-refractivity contribution in [1.29, 1.82) is 0 Å². The summed E-state index contributed by atoms with van der Waals surface area (Å²) in [4.78, 5) is 41.4. The fourth-order valence-electron chi connectivity index (χ4n) is 3.56. The molecule has 2 aromatic carbocycles. The van der Waals surface area contributed by atoms with E-state index < -0.39 is 16.9 Å². The average molecular weight is 461 g/mol. The largest absolute Gasteiger partial charge is 0.466 e. The van der Waals surface area contributed by atoms with Crippen LogP contribution in [0.2, 0.25) is 0 Å². The van der Waals surface area contributed by atoms with Gasteiger partial charge in [-0.3, -0.25) is 19.5 Å². The Morgan fingerprint density at radius 2 is 1.91 bits per heavy atom. The van der Waals surface area contributed by atoms with Crippen LogP contribution in [0, 0.1) is 10.1 Å². The SMILES string of the molecule is COC(=O)C1=C(C)N=c2sc(=Cc3cccc([N+](=O)[O-])c3)c(=O)n2C1/C=C/c1ccccc1. The average Bonchev–Trinajstić information content (AvgIpc) is 3.12. The second-order valence-electron chi connectivity index (χ2n) is 7.24. The van der Waals surface area contributed by atoms with Gasteiger partial charge in [-0.05, 0) is 24.1 Å². The first-order chi connectivity index (χ1) is 15.9. The second kappa shape index (κ2) is 9.17. The number of ether oxygens (including phenoxy) is 1. The first kappa shape index (κ1) is 22.1. The maximum atomic E-state index is 13.4. The third-order valence-corrected chi connectivity index (χ3v) is 6.10. The summed E-state index contributed by atoms with van der Waals surface area (Å²) in [5, 5.41) is 11.1. The summed E-state index contributed by atoms with van der Waals surface area (Å²) in [6.07, 6.45) is 5.20. The van der Waals surface area contributed by atoms with Crippen LogP contribution in [0.5, 0.6) is 0 Å². The van der Waals surface area contributed by atoms with E-state index >= 15 is 0 Å². The third kappa shape index (κ3) is 4.44. The number of esters is 1. The van der Waals surface area contributed by atoms with Crippen molar-refractivity contribution >= 4 is 35.1 Å². The zero-order valence-corrected chi connectivity index (χ0v) is 18.6. The fourth-order valence-corrected chi connectivity index (χ4v) is 4.62. The number of benzene rings is 2. The van der Waals surface area contributed by atoms with Gasteiger partial charge < -0.3 is 4.74 Å². The van der Waals surface area contributed by atoms with Crippen molar-refractivity contribution in [2.24, 2.45) is 4.99 Å². The minimum absolute atomic E-state index is 0.0657. The molecule has 166 valence electrons. The first-order valence-corrected chi connectivity index (χ1v) is 10.8. The van der Waals surface area contributed by atoms with Crippen LogP contribution in [0.1, 0.15) is 24.1 Å². The van der Waals surface area contributed by atoms with Crippen LogP contribution in [-0.4, -0.2) is 22.6 Å². The van der Waals surface area contributed by atoms with Crippen LogP contribution < -0.4 is 14.9 Å². The van der Waals surface area contributed by atoms with Crippen molar-refractivity contribution in [3.8, 4) is 0 Å². The topological polar surface area (TPSA) is 104 Å². The highest BCUT2D eigenvalue weighted by Gasteiger charge is 2.30. The highest BCUT2D eigenvalue weighted by atomic mass is 32.1. The molecule has 0 fully saturated rings. The molecule has 2 heterocycles. The lowest BCUT2D eigenvalue weighted by molar-refractivity contribution is -0.384. The number of nitro benzene ring substituents is 1. The smallest absolute Gasteiger partial charge is 0.338 e. The Hall–Kier alpha value is -4.11. The number of nitro groups is 1. The van der Waals surface area contributed by atoms with Gasteiger partial charge in [0.05, 0.1) is 33.9 Å². The number of hydrogen-bond donors (Lipinski definition) is 0. The zero-order chi connectivity index (χ0) is 23.5. The molecule has 0 spiro atoms. The zero-order valence-electron chi connectivity index (χ0n) is 17.8. The van der Waals surface area contributed by atoms with E-state index in [-0.39, 0.29) is 16.8 Å². The summed E-state index contributed by atoms with van der Waals surface area (Å²) in [6, 6.07) is 14.8. The standard InChI is InChI=1S/C24H19N3O5S/c1-15-21(23(29)32-2)19(12-11-16-7-4-3-5-8-16)26-22(28)20(33-24(26)25-15)14-17-9-6-10-18(13-17)27(30)31/h3-14,19H,1-2H3/b12-11+,20-14?. The quantitative estimate of drug-likeness (QED) is 0.330. The van der Waals surface area contributed by atoms with Gasteiger partial charge in [-0.25, -0.2) is 9.79 Å². The number of carbonyl (C=O) groups excluding carboxylic acids is 1. The maximum absolute atomic E-state index is 13.4. The highest BCUT2D eigenvalue weighted by Crippen LogP contribution is 2.26. The number of nitrogens with zero attached hydrogens (tertiary/aromatic N) is 3. The van der Waals surface area contributed by atoms with Crippen molar-refractivity contribution < 1.29 is 14.5 Å². The van der Waals surface area contributed by atoms with Gasteiger partial charge in [-0.1, -0.05) is 66.0 Å². The normalized spacial score (nSPS) is 15.9. The molecule has 1 atom stereocenters. The molecule has 1 aliphatic rings. The molecule has 0 amide bonds. The highest BCUT2D eigenvalue weighted by molar-refractivity contribution is 7.07. The first-order valence-electron chi connectivity index (χ1n) is 9.97. The van der Waals surface area contributed by atoms with Gasteiger partial charge in [0.15, 0.2) is 4.80 Å². The lowest BCUT2D eigenvalue weighted by Gasteiger charge is -2.21. The lowest BCUT2D eigenvalue weighted by atomic mass is 10.0. The summed E-state index contributed by atoms with van der Waals surface area (Å²) in [6.45, 7) is 1.70. The van der Waals surface area contributed by atoms with Gasteiger partial charge >= 0.3 is 5.97 Å². The molecular weight excluding hydrogens is 442 g/mol. The molecule has 0 aliphatic carbocycles. The molecule has 0 bridgehead atoms. The van der Waals surface area contributed by atoms with Crippen molar-refractivity contribution in [3.63, 3.8) is 0 Å². The second-order valence-corrected chi connectivity index (χ2v) is 8.25. The van der Waals surface area contributed by atoms with Gasteiger partial charge in [0.2, 0.25) is 0 Å². The third-order valence-electron chi connectivity index (χ3n) is 5.12. The van der Waals surface area contributed by atoms with Crippen LogP contribution in [0.3, 0.4) is 0 Å². The molecule has 0 N–H and O–H groups in total. The van der Waals surface area contributed by atoms with Crippen molar-refractivity contribution in [3.05, 3.63) is 113 Å². The van der Waals surface area contributed by atoms with E-state index in [2.05, 4.69) is 4.99 Å².